The Hall–Kier alpha value is -5.94. The van der Waals surface area contributed by atoms with Gasteiger partial charge in [-0.05, 0) is 96.3 Å². The first-order chi connectivity index (χ1) is 28.6. The minimum Gasteiger partial charge on any atom is -0.496 e. The van der Waals surface area contributed by atoms with Crippen molar-refractivity contribution in [3.63, 3.8) is 0 Å². The molecule has 10 rings (SSSR count). The Labute approximate surface area is 341 Å². The van der Waals surface area contributed by atoms with Gasteiger partial charge in [0.2, 0.25) is 11.8 Å². The van der Waals surface area contributed by atoms with Crippen LogP contribution in [-0.2, 0) is 32.7 Å². The summed E-state index contributed by atoms with van der Waals surface area (Å²) in [6, 6.07) is 17.9. The number of ether oxygens (including phenoxy) is 1. The monoisotopic (exact) mass is 819 g/mol. The second-order valence-corrected chi connectivity index (χ2v) is 18.2. The molecule has 7 heterocycles. The summed E-state index contributed by atoms with van der Waals surface area (Å²) in [5, 5.41) is 11.1. The third-order valence-corrected chi connectivity index (χ3v) is 14.0. The number of sulfonamides is 1. The highest BCUT2D eigenvalue weighted by Gasteiger charge is 2.42. The summed E-state index contributed by atoms with van der Waals surface area (Å²) < 4.78 is 43.1. The molecule has 5 aliphatic rings. The molecule has 0 bridgehead atoms. The number of benzene rings is 3. The Balaban J connectivity index is 0.740. The van der Waals surface area contributed by atoms with Gasteiger partial charge in [0.15, 0.2) is 11.4 Å². The first kappa shape index (κ1) is 37.3. The van der Waals surface area contributed by atoms with E-state index in [1.54, 1.807) is 40.0 Å². The molecule has 3 aromatic carbocycles. The maximum atomic E-state index is 13.7. The molecule has 0 saturated carbocycles. The third kappa shape index (κ3) is 7.05. The van der Waals surface area contributed by atoms with Crippen LogP contribution in [0.4, 0.5) is 17.2 Å². The summed E-state index contributed by atoms with van der Waals surface area (Å²) in [4.78, 5) is 46.4. The normalized spacial score (nSPS) is 23.3. The van der Waals surface area contributed by atoms with Crippen LogP contribution < -0.4 is 24.6 Å². The van der Waals surface area contributed by atoms with Crippen molar-refractivity contribution in [1.82, 2.24) is 30.1 Å². The van der Waals surface area contributed by atoms with Crippen LogP contribution in [0.1, 0.15) is 40.7 Å². The van der Waals surface area contributed by atoms with Crippen molar-refractivity contribution in [2.45, 2.75) is 43.3 Å². The zero-order valence-corrected chi connectivity index (χ0v) is 33.4. The van der Waals surface area contributed by atoms with E-state index in [9.17, 15) is 22.8 Å². The zero-order chi connectivity index (χ0) is 40.4. The van der Waals surface area contributed by atoms with E-state index >= 15 is 0 Å². The highest BCUT2D eigenvalue weighted by atomic mass is 32.2. The molecule has 4 saturated heterocycles. The van der Waals surface area contributed by atoms with E-state index in [-0.39, 0.29) is 28.9 Å². The van der Waals surface area contributed by atoms with E-state index < -0.39 is 22.0 Å². The first-order valence-corrected chi connectivity index (χ1v) is 21.6. The van der Waals surface area contributed by atoms with Crippen molar-refractivity contribution in [3.8, 4) is 5.75 Å². The van der Waals surface area contributed by atoms with Crippen LogP contribution in [0.25, 0.3) is 11.0 Å². The van der Waals surface area contributed by atoms with Crippen LogP contribution in [0.15, 0.2) is 82.5 Å². The fourth-order valence-corrected chi connectivity index (χ4v) is 10.9. The largest absolute Gasteiger partial charge is 0.496 e. The van der Waals surface area contributed by atoms with E-state index in [4.69, 9.17) is 9.26 Å². The minimum absolute atomic E-state index is 0.0659. The fourth-order valence-electron chi connectivity index (χ4n) is 9.82. The van der Waals surface area contributed by atoms with E-state index in [0.29, 0.717) is 59.5 Å². The van der Waals surface area contributed by atoms with Crippen molar-refractivity contribution in [2.24, 2.45) is 17.8 Å². The molecule has 59 heavy (non-hydrogen) atoms. The van der Waals surface area contributed by atoms with Crippen LogP contribution >= 0.6 is 0 Å². The fraction of sp³-hybridized carbons (Fsp3) is 0.405. The number of nitrogens with one attached hydrogen (secondary N) is 2. The Bertz CT molecular complexity index is 2560. The summed E-state index contributed by atoms with van der Waals surface area (Å²) >= 11 is 0. The van der Waals surface area contributed by atoms with Gasteiger partial charge in [0.1, 0.15) is 17.2 Å². The quantitative estimate of drug-likeness (QED) is 0.186. The van der Waals surface area contributed by atoms with Gasteiger partial charge in [0.05, 0.1) is 18.6 Å². The number of rotatable bonds is 11. The molecule has 2 N–H and O–H groups in total. The number of piperidine rings is 1. The number of carbonyl (C=O) groups excluding carboxylic acids is 3. The van der Waals surface area contributed by atoms with Gasteiger partial charge in [0.25, 0.3) is 15.9 Å². The molecule has 0 aliphatic carbocycles. The van der Waals surface area contributed by atoms with Crippen molar-refractivity contribution in [3.05, 3.63) is 89.7 Å². The lowest BCUT2D eigenvalue weighted by Crippen LogP contribution is -2.52. The first-order valence-electron chi connectivity index (χ1n) is 20.1. The molecule has 4 atom stereocenters. The summed E-state index contributed by atoms with van der Waals surface area (Å²) in [5.74, 6) is 1.21. The maximum Gasteiger partial charge on any atom is 0.263 e. The second kappa shape index (κ2) is 14.7. The van der Waals surface area contributed by atoms with Gasteiger partial charge >= 0.3 is 0 Å². The van der Waals surface area contributed by atoms with Gasteiger partial charge in [-0.1, -0.05) is 11.2 Å². The van der Waals surface area contributed by atoms with Crippen LogP contribution in [0.5, 0.6) is 5.75 Å². The second-order valence-electron chi connectivity index (χ2n) is 16.5. The van der Waals surface area contributed by atoms with Crippen molar-refractivity contribution in [1.29, 1.82) is 0 Å². The van der Waals surface area contributed by atoms with Gasteiger partial charge in [-0.3, -0.25) is 29.1 Å². The van der Waals surface area contributed by atoms with Gasteiger partial charge < -0.3 is 28.9 Å². The van der Waals surface area contributed by atoms with Crippen molar-refractivity contribution in [2.75, 3.05) is 67.4 Å². The number of methoxy groups -OCH3 is 1. The molecule has 1 unspecified atom stereocenters. The van der Waals surface area contributed by atoms with Crippen LogP contribution in [0.2, 0.25) is 0 Å². The molecule has 5 aromatic rings. The Morgan fingerprint density at radius 1 is 0.932 bits per heavy atom. The third-order valence-electron chi connectivity index (χ3n) is 12.7. The molecule has 306 valence electrons. The standard InChI is InChI=1S/C42H45N9O7S/c1-57-36-14-27(20-50-12-3-11-43-50)15-37-39(36)40(45-58-37)46-59(55,56)33-5-2-4-31(17-33)49-23-29-21-47(22-30(29)24-49)18-26-10-13-48(19-26)32-6-7-34-28(16-32)25-51(42(34)54)35-8-9-38(52)44-41(35)53/h2-7,11-12,14-17,26,29-30,35H,8-10,13,18-25H2,1H3,(H,45,46)(H,44,52,53)/t26-,29-,30?,35-/m0/s1. The summed E-state index contributed by atoms with van der Waals surface area (Å²) in [7, 11) is -2.48. The Morgan fingerprint density at radius 2 is 1.76 bits per heavy atom. The number of hydrogen-bond donors (Lipinski definition) is 2. The molecule has 2 aromatic heterocycles. The minimum atomic E-state index is -4.01. The van der Waals surface area contributed by atoms with Crippen LogP contribution in [-0.4, -0.2) is 110 Å². The number of likely N-dealkylation sites (tertiary alicyclic amines) is 1. The molecule has 16 nitrogen and oxygen atoms in total. The SMILES string of the molecule is COc1cc(Cn2cccn2)cc2onc(NS(=O)(=O)c3cccc(N4CC5CN(C[C@@H]6CCN(c7ccc8c(c7)CN([C@H]7CCC(=O)NC7=O)C8=O)C6)C[C@H]5C4)c3)c12. The van der Waals surface area contributed by atoms with Gasteiger partial charge in [0, 0.05) is 88.1 Å². The van der Waals surface area contributed by atoms with Crippen molar-refractivity contribution < 1.29 is 32.1 Å². The number of imide groups is 1. The highest BCUT2D eigenvalue weighted by Crippen LogP contribution is 2.38. The van der Waals surface area contributed by atoms with E-state index in [1.165, 1.54) is 7.11 Å². The molecular formula is C42H45N9O7S. The molecule has 17 heteroatoms. The van der Waals surface area contributed by atoms with Crippen LogP contribution in [0.3, 0.4) is 0 Å². The zero-order valence-electron chi connectivity index (χ0n) is 32.6. The summed E-state index contributed by atoms with van der Waals surface area (Å²) in [6.07, 6.45) is 5.24. The predicted molar refractivity (Wildman–Crippen MR) is 218 cm³/mol. The maximum absolute atomic E-state index is 13.7. The number of nitrogens with zero attached hydrogens (tertiary/aromatic N) is 7. The van der Waals surface area contributed by atoms with Gasteiger partial charge in [-0.15, -0.1) is 0 Å². The van der Waals surface area contributed by atoms with E-state index in [0.717, 1.165) is 74.7 Å². The average Bonchev–Trinajstić information content (AvgIpc) is 4.09. The van der Waals surface area contributed by atoms with E-state index in [1.807, 2.05) is 36.5 Å². The molecular weight excluding hydrogens is 775 g/mol. The van der Waals surface area contributed by atoms with Gasteiger partial charge in [-0.2, -0.15) is 5.10 Å². The van der Waals surface area contributed by atoms with E-state index in [2.05, 4.69) is 41.1 Å². The lowest BCUT2D eigenvalue weighted by molar-refractivity contribution is -0.136. The topological polar surface area (TPSA) is 175 Å². The number of hydrogen-bond acceptors (Lipinski definition) is 12. The van der Waals surface area contributed by atoms with Gasteiger partial charge in [-0.25, -0.2) is 8.42 Å². The lowest BCUT2D eigenvalue weighted by atomic mass is 10.0. The number of amides is 3. The number of anilines is 3. The molecule has 5 aliphatic heterocycles. The van der Waals surface area contributed by atoms with Crippen LogP contribution in [0, 0.1) is 17.8 Å². The molecule has 0 spiro atoms. The average molecular weight is 820 g/mol. The summed E-state index contributed by atoms with van der Waals surface area (Å²) in [6.45, 7) is 7.55. The Kier molecular flexibility index (Phi) is 9.31. The Morgan fingerprint density at radius 3 is 2.54 bits per heavy atom. The number of fused-ring (bicyclic) bond motifs is 3. The summed E-state index contributed by atoms with van der Waals surface area (Å²) in [5.41, 5.74) is 4.81. The van der Waals surface area contributed by atoms with Crippen molar-refractivity contribution >= 4 is 55.9 Å². The number of carbonyl (C=O) groups is 3. The molecule has 3 amide bonds. The molecule has 0 radical (unpaired) electrons. The lowest BCUT2D eigenvalue weighted by Gasteiger charge is -2.29. The molecule has 4 fully saturated rings. The predicted octanol–water partition coefficient (Wildman–Crippen LogP) is 3.54. The number of aromatic nitrogens is 3. The highest BCUT2D eigenvalue weighted by molar-refractivity contribution is 7.92. The smallest absolute Gasteiger partial charge is 0.263 e.